The van der Waals surface area contributed by atoms with Gasteiger partial charge in [-0.2, -0.15) is 0 Å². The molecule has 1 atom stereocenters. The van der Waals surface area contributed by atoms with Gasteiger partial charge in [0.2, 0.25) is 0 Å². The zero-order valence-electron chi connectivity index (χ0n) is 12.1. The standard InChI is InChI=1S/C15H21NO4/c1-4-5-8-16-14(17)11(3)20-13-7-6-10(2)9-12(13)15(18)19/h6-7,9,11H,4-5,8H2,1-3H3,(H,16,17)(H,18,19). The number of rotatable bonds is 7. The molecule has 110 valence electrons. The molecule has 1 aromatic rings. The minimum absolute atomic E-state index is 0.0678. The third-order valence-corrected chi connectivity index (χ3v) is 2.87. The summed E-state index contributed by atoms with van der Waals surface area (Å²) in [5.74, 6) is -1.10. The number of carboxylic acid groups (broad SMARTS) is 1. The first-order chi connectivity index (χ1) is 9.45. The third kappa shape index (κ3) is 4.57. The molecule has 2 N–H and O–H groups in total. The SMILES string of the molecule is CCCCNC(=O)C(C)Oc1ccc(C)cc1C(=O)O. The second kappa shape index (κ2) is 7.53. The van der Waals surface area contributed by atoms with E-state index in [-0.39, 0.29) is 17.2 Å². The van der Waals surface area contributed by atoms with Crippen LogP contribution >= 0.6 is 0 Å². The van der Waals surface area contributed by atoms with E-state index in [4.69, 9.17) is 9.84 Å². The topological polar surface area (TPSA) is 75.6 Å². The van der Waals surface area contributed by atoms with Gasteiger partial charge in [0.25, 0.3) is 5.91 Å². The number of amides is 1. The van der Waals surface area contributed by atoms with Gasteiger partial charge in [-0.05, 0) is 32.4 Å². The summed E-state index contributed by atoms with van der Waals surface area (Å²) in [6.45, 7) is 6.05. The van der Waals surface area contributed by atoms with Crippen LogP contribution in [0.2, 0.25) is 0 Å². The van der Waals surface area contributed by atoms with Crippen molar-refractivity contribution in [1.29, 1.82) is 0 Å². The molecule has 0 aliphatic heterocycles. The largest absolute Gasteiger partial charge is 0.480 e. The zero-order chi connectivity index (χ0) is 15.1. The Morgan fingerprint density at radius 1 is 1.40 bits per heavy atom. The minimum atomic E-state index is -1.07. The normalized spacial score (nSPS) is 11.8. The Bertz CT molecular complexity index is 485. The molecule has 0 aromatic heterocycles. The van der Waals surface area contributed by atoms with Crippen LogP contribution in [0.3, 0.4) is 0 Å². The van der Waals surface area contributed by atoms with Gasteiger partial charge >= 0.3 is 5.97 Å². The second-order valence-electron chi connectivity index (χ2n) is 4.71. The number of carboxylic acids is 1. The van der Waals surface area contributed by atoms with Gasteiger partial charge in [-0.15, -0.1) is 0 Å². The Morgan fingerprint density at radius 2 is 2.10 bits per heavy atom. The molecule has 1 rings (SSSR count). The maximum absolute atomic E-state index is 11.8. The van der Waals surface area contributed by atoms with Crippen LogP contribution in [0.25, 0.3) is 0 Å². The molecule has 0 radical (unpaired) electrons. The van der Waals surface area contributed by atoms with Gasteiger partial charge in [-0.25, -0.2) is 4.79 Å². The first-order valence-electron chi connectivity index (χ1n) is 6.74. The van der Waals surface area contributed by atoms with Crippen molar-refractivity contribution in [2.24, 2.45) is 0 Å². The number of unbranched alkanes of at least 4 members (excludes halogenated alkanes) is 1. The summed E-state index contributed by atoms with van der Waals surface area (Å²) in [6.07, 6.45) is 1.17. The Hall–Kier alpha value is -2.04. The number of hydrogen-bond acceptors (Lipinski definition) is 3. The van der Waals surface area contributed by atoms with E-state index in [1.165, 1.54) is 6.07 Å². The Morgan fingerprint density at radius 3 is 2.70 bits per heavy atom. The number of aromatic carboxylic acids is 1. The highest BCUT2D eigenvalue weighted by Crippen LogP contribution is 2.21. The number of carbonyl (C=O) groups excluding carboxylic acids is 1. The van der Waals surface area contributed by atoms with Crippen LogP contribution < -0.4 is 10.1 Å². The molecule has 5 nitrogen and oxygen atoms in total. The van der Waals surface area contributed by atoms with Crippen LogP contribution in [0, 0.1) is 6.92 Å². The number of ether oxygens (including phenoxy) is 1. The van der Waals surface area contributed by atoms with Crippen molar-refractivity contribution >= 4 is 11.9 Å². The minimum Gasteiger partial charge on any atom is -0.480 e. The van der Waals surface area contributed by atoms with Crippen LogP contribution in [0.5, 0.6) is 5.75 Å². The molecule has 0 spiro atoms. The van der Waals surface area contributed by atoms with Crippen LogP contribution in [0.1, 0.15) is 42.6 Å². The van der Waals surface area contributed by atoms with Gasteiger partial charge < -0.3 is 15.2 Å². The molecule has 0 saturated carbocycles. The fourth-order valence-corrected chi connectivity index (χ4v) is 1.69. The first-order valence-corrected chi connectivity index (χ1v) is 6.74. The average molecular weight is 279 g/mol. The third-order valence-electron chi connectivity index (χ3n) is 2.87. The van der Waals surface area contributed by atoms with Gasteiger partial charge in [0.05, 0.1) is 0 Å². The number of carbonyl (C=O) groups is 2. The van der Waals surface area contributed by atoms with E-state index in [9.17, 15) is 9.59 Å². The maximum atomic E-state index is 11.8. The summed E-state index contributed by atoms with van der Waals surface area (Å²) in [5, 5.41) is 11.9. The molecule has 0 saturated heterocycles. The van der Waals surface area contributed by atoms with Crippen molar-refractivity contribution in [1.82, 2.24) is 5.32 Å². The van der Waals surface area contributed by atoms with Gasteiger partial charge in [0.1, 0.15) is 11.3 Å². The van der Waals surface area contributed by atoms with Crippen molar-refractivity contribution in [3.8, 4) is 5.75 Å². The van der Waals surface area contributed by atoms with Crippen molar-refractivity contribution < 1.29 is 19.4 Å². The first kappa shape index (κ1) is 16.0. The fraction of sp³-hybridized carbons (Fsp3) is 0.467. The van der Waals surface area contributed by atoms with Crippen LogP contribution in [0.4, 0.5) is 0 Å². The molecule has 0 aliphatic carbocycles. The van der Waals surface area contributed by atoms with E-state index in [1.807, 2.05) is 6.92 Å². The molecule has 1 unspecified atom stereocenters. The summed E-state index contributed by atoms with van der Waals surface area (Å²) in [6, 6.07) is 4.86. The molecule has 0 aliphatic rings. The quantitative estimate of drug-likeness (QED) is 0.751. The Labute approximate surface area is 118 Å². The molecule has 1 amide bonds. The number of nitrogens with one attached hydrogen (secondary N) is 1. The predicted molar refractivity (Wildman–Crippen MR) is 76.1 cm³/mol. The molecular formula is C15H21NO4. The maximum Gasteiger partial charge on any atom is 0.339 e. The van der Waals surface area contributed by atoms with Crippen molar-refractivity contribution in [3.05, 3.63) is 29.3 Å². The Kier molecular flexibility index (Phi) is 6.03. The fourth-order valence-electron chi connectivity index (χ4n) is 1.69. The van der Waals surface area contributed by atoms with Gasteiger partial charge in [-0.3, -0.25) is 4.79 Å². The summed E-state index contributed by atoms with van der Waals surface area (Å²) < 4.78 is 5.46. The molecule has 20 heavy (non-hydrogen) atoms. The average Bonchev–Trinajstić information content (AvgIpc) is 2.40. The molecule has 0 fully saturated rings. The van der Waals surface area contributed by atoms with E-state index >= 15 is 0 Å². The smallest absolute Gasteiger partial charge is 0.339 e. The van der Waals surface area contributed by atoms with Gasteiger partial charge in [-0.1, -0.05) is 25.0 Å². The molecule has 1 aromatic carbocycles. The van der Waals surface area contributed by atoms with E-state index in [1.54, 1.807) is 26.0 Å². The summed E-state index contributed by atoms with van der Waals surface area (Å²) in [7, 11) is 0. The monoisotopic (exact) mass is 279 g/mol. The van der Waals surface area contributed by atoms with Crippen molar-refractivity contribution in [3.63, 3.8) is 0 Å². The van der Waals surface area contributed by atoms with E-state index in [0.717, 1.165) is 18.4 Å². The summed E-state index contributed by atoms with van der Waals surface area (Å²) >= 11 is 0. The highest BCUT2D eigenvalue weighted by Gasteiger charge is 2.18. The zero-order valence-corrected chi connectivity index (χ0v) is 12.1. The van der Waals surface area contributed by atoms with E-state index < -0.39 is 12.1 Å². The summed E-state index contributed by atoms with van der Waals surface area (Å²) in [5.41, 5.74) is 0.896. The van der Waals surface area contributed by atoms with Crippen LogP contribution in [-0.4, -0.2) is 29.6 Å². The van der Waals surface area contributed by atoms with E-state index in [2.05, 4.69) is 5.32 Å². The Balaban J connectivity index is 2.72. The molecule has 0 heterocycles. The highest BCUT2D eigenvalue weighted by atomic mass is 16.5. The molecule has 0 bridgehead atoms. The lowest BCUT2D eigenvalue weighted by Crippen LogP contribution is -2.37. The van der Waals surface area contributed by atoms with Crippen molar-refractivity contribution in [2.75, 3.05) is 6.54 Å². The highest BCUT2D eigenvalue weighted by molar-refractivity contribution is 5.91. The van der Waals surface area contributed by atoms with Gasteiger partial charge in [0, 0.05) is 6.54 Å². The van der Waals surface area contributed by atoms with Crippen molar-refractivity contribution in [2.45, 2.75) is 39.7 Å². The lowest BCUT2D eigenvalue weighted by atomic mass is 10.1. The number of benzene rings is 1. The van der Waals surface area contributed by atoms with Crippen LogP contribution in [-0.2, 0) is 4.79 Å². The number of hydrogen-bond donors (Lipinski definition) is 2. The predicted octanol–water partition coefficient (Wildman–Crippen LogP) is 2.38. The van der Waals surface area contributed by atoms with Gasteiger partial charge in [0.15, 0.2) is 6.10 Å². The second-order valence-corrected chi connectivity index (χ2v) is 4.71. The lowest BCUT2D eigenvalue weighted by Gasteiger charge is -2.16. The molecule has 5 heteroatoms. The molecular weight excluding hydrogens is 258 g/mol. The van der Waals surface area contributed by atoms with E-state index in [0.29, 0.717) is 6.54 Å². The summed E-state index contributed by atoms with van der Waals surface area (Å²) in [4.78, 5) is 22.9. The lowest BCUT2D eigenvalue weighted by molar-refractivity contribution is -0.127. The number of aryl methyl sites for hydroxylation is 1. The van der Waals surface area contributed by atoms with Crippen LogP contribution in [0.15, 0.2) is 18.2 Å².